The van der Waals surface area contributed by atoms with Crippen LogP contribution in [0.4, 0.5) is 0 Å². The van der Waals surface area contributed by atoms with Crippen LogP contribution in [0.25, 0.3) is 55.7 Å². The summed E-state index contributed by atoms with van der Waals surface area (Å²) in [5.74, 6) is 0.823. The number of aromatic nitrogens is 2. The van der Waals surface area contributed by atoms with Crippen molar-refractivity contribution in [3.63, 3.8) is 0 Å². The van der Waals surface area contributed by atoms with Gasteiger partial charge in [0, 0.05) is 48.9 Å². The Hall–Kier alpha value is -4.63. The van der Waals surface area contributed by atoms with Gasteiger partial charge in [-0.1, -0.05) is 81.7 Å². The summed E-state index contributed by atoms with van der Waals surface area (Å²) in [7, 11) is 0. The van der Waals surface area contributed by atoms with Gasteiger partial charge < -0.3 is 14.4 Å². The maximum atomic E-state index is 8.39. The van der Waals surface area contributed by atoms with E-state index in [0.717, 1.165) is 50.2 Å². The zero-order chi connectivity index (χ0) is 40.6. The maximum absolute atomic E-state index is 8.39. The van der Waals surface area contributed by atoms with E-state index in [0.29, 0.717) is 22.4 Å². The average Bonchev–Trinajstić information content (AvgIpc) is 3.46. The van der Waals surface area contributed by atoms with Gasteiger partial charge in [-0.25, -0.2) is 0 Å². The van der Waals surface area contributed by atoms with Gasteiger partial charge in [0.05, 0.1) is 0 Å². The van der Waals surface area contributed by atoms with Crippen LogP contribution in [0, 0.1) is 45.1 Å². The number of fused-ring (bicyclic) bond motifs is 1. The first-order valence-corrected chi connectivity index (χ1v) is 15.8. The zero-order valence-corrected chi connectivity index (χ0v) is 30.5. The van der Waals surface area contributed by atoms with E-state index >= 15 is 0 Å². The molecular weight excluding hydrogens is 777 g/mol. The van der Waals surface area contributed by atoms with E-state index in [1.807, 2.05) is 113 Å². The predicted molar refractivity (Wildman–Crippen MR) is 200 cm³/mol. The molecule has 0 fully saturated rings. The van der Waals surface area contributed by atoms with Gasteiger partial charge in [0.1, 0.15) is 11.3 Å². The molecule has 3 nitrogen and oxygen atoms in total. The van der Waals surface area contributed by atoms with E-state index < -0.39 is 25.5 Å². The van der Waals surface area contributed by atoms with E-state index in [1.165, 1.54) is 18.3 Å². The molecule has 0 bridgehead atoms. The van der Waals surface area contributed by atoms with Gasteiger partial charge in [-0.15, -0.1) is 65.2 Å². The Morgan fingerprint density at radius 1 is 0.776 bits per heavy atom. The molecule has 49 heavy (non-hydrogen) atoms. The van der Waals surface area contributed by atoms with Crippen molar-refractivity contribution in [1.82, 2.24) is 9.97 Å². The van der Waals surface area contributed by atoms with Crippen molar-refractivity contribution < 1.29 is 35.5 Å². The molecule has 0 N–H and O–H groups in total. The molecule has 0 saturated heterocycles. The minimum atomic E-state index is -2.32. The van der Waals surface area contributed by atoms with Crippen LogP contribution in [-0.4, -0.2) is 9.97 Å². The van der Waals surface area contributed by atoms with Crippen molar-refractivity contribution in [2.75, 3.05) is 0 Å². The van der Waals surface area contributed by atoms with E-state index in [9.17, 15) is 0 Å². The molecule has 7 aromatic rings. The summed E-state index contributed by atoms with van der Waals surface area (Å²) in [6.45, 7) is 5.08. The van der Waals surface area contributed by atoms with Crippen LogP contribution >= 0.6 is 0 Å². The van der Waals surface area contributed by atoms with Crippen LogP contribution in [-0.2, 0) is 26.5 Å². The van der Waals surface area contributed by atoms with Crippen LogP contribution < -0.4 is 0 Å². The van der Waals surface area contributed by atoms with Crippen molar-refractivity contribution in [1.29, 1.82) is 0 Å². The third-order valence-corrected chi connectivity index (χ3v) is 7.96. The summed E-state index contributed by atoms with van der Waals surface area (Å²) in [6, 6.07) is 37.7. The molecule has 4 heteroatoms. The van der Waals surface area contributed by atoms with Crippen molar-refractivity contribution >= 4 is 11.0 Å². The Kier molecular flexibility index (Phi) is 8.19. The molecule has 249 valence electrons. The van der Waals surface area contributed by atoms with Gasteiger partial charge in [-0.05, 0) is 95.5 Å². The summed E-state index contributed by atoms with van der Waals surface area (Å²) in [4.78, 5) is 8.70. The quantitative estimate of drug-likeness (QED) is 0.162. The van der Waals surface area contributed by atoms with Gasteiger partial charge in [0.2, 0.25) is 0 Å². The summed E-state index contributed by atoms with van der Waals surface area (Å²) < 4.78 is 68.9. The van der Waals surface area contributed by atoms with Crippen LogP contribution in [0.5, 0.6) is 0 Å². The van der Waals surface area contributed by atoms with E-state index in [2.05, 4.69) is 22.1 Å². The Morgan fingerprint density at radius 3 is 2.29 bits per heavy atom. The summed E-state index contributed by atoms with van der Waals surface area (Å²) in [5.41, 5.74) is 8.69. The smallest absolute Gasteiger partial charge is 0.134 e. The topological polar surface area (TPSA) is 38.9 Å². The first kappa shape index (κ1) is 26.3. The minimum absolute atomic E-state index is 0. The van der Waals surface area contributed by atoms with Crippen LogP contribution in [0.2, 0.25) is 0 Å². The molecule has 0 aliphatic carbocycles. The molecule has 3 heterocycles. The Bertz CT molecular complexity index is 2470. The van der Waals surface area contributed by atoms with Crippen molar-refractivity contribution in [3.8, 4) is 44.8 Å². The number of aryl methyl sites for hydroxylation is 4. The Labute approximate surface area is 316 Å². The normalized spacial score (nSPS) is 14.3. The SMILES string of the molecule is [2H]C([2H])([2H])c1ccc(-c2[c-]cc(C([2H])([2H])[2H])c(-c3ccc4oc(C)c(C)c4c3)c2)nc1.[2H]C([2H])(c1ccc(-c2ccnc(-c3[c-]cccc3)c2)cc1)C(C)(C)C.[Ir]. The Balaban J connectivity index is 0.000000219. The van der Waals surface area contributed by atoms with Gasteiger partial charge in [0.15, 0.2) is 0 Å². The van der Waals surface area contributed by atoms with Crippen molar-refractivity contribution in [3.05, 3.63) is 156 Å². The molecule has 0 aliphatic heterocycles. The van der Waals surface area contributed by atoms with Gasteiger partial charge >= 0.3 is 0 Å². The van der Waals surface area contributed by atoms with Gasteiger partial charge in [-0.2, -0.15) is 0 Å². The van der Waals surface area contributed by atoms with Crippen LogP contribution in [0.15, 0.2) is 120 Å². The molecule has 0 amide bonds. The average molecular weight is 827 g/mol. The zero-order valence-electron chi connectivity index (χ0n) is 36.1. The van der Waals surface area contributed by atoms with E-state index in [1.54, 1.807) is 18.3 Å². The molecule has 4 aromatic carbocycles. The second kappa shape index (κ2) is 15.3. The number of nitrogens with zero attached hydrogens (tertiary/aromatic N) is 2. The second-order valence-corrected chi connectivity index (χ2v) is 12.8. The predicted octanol–water partition coefficient (Wildman–Crippen LogP) is 12.0. The fraction of sp³-hybridized carbons (Fsp3) is 0.200. The summed E-state index contributed by atoms with van der Waals surface area (Å²) in [5, 5.41) is 0.932. The fourth-order valence-corrected chi connectivity index (χ4v) is 5.43. The molecule has 0 atom stereocenters. The number of benzene rings is 4. The van der Waals surface area contributed by atoms with Crippen molar-refractivity contribution in [2.24, 2.45) is 5.41 Å². The molecular formula is C45H42IrN2O-2. The van der Waals surface area contributed by atoms with E-state index in [-0.39, 0.29) is 31.2 Å². The number of rotatable bonds is 5. The van der Waals surface area contributed by atoms with Crippen molar-refractivity contribution in [2.45, 2.75) is 54.7 Å². The van der Waals surface area contributed by atoms with E-state index in [4.69, 9.17) is 15.4 Å². The summed E-state index contributed by atoms with van der Waals surface area (Å²) >= 11 is 0. The molecule has 0 aliphatic rings. The van der Waals surface area contributed by atoms with Crippen LogP contribution in [0.1, 0.15) is 59.8 Å². The summed E-state index contributed by atoms with van der Waals surface area (Å²) in [6.07, 6.45) is 1.74. The first-order chi connectivity index (χ1) is 26.2. The third-order valence-electron chi connectivity index (χ3n) is 7.96. The molecule has 3 aromatic heterocycles. The molecule has 1 radical (unpaired) electrons. The molecule has 7 rings (SSSR count). The number of furan rings is 1. The monoisotopic (exact) mass is 827 g/mol. The van der Waals surface area contributed by atoms with Crippen LogP contribution in [0.3, 0.4) is 0 Å². The Morgan fingerprint density at radius 2 is 1.59 bits per heavy atom. The largest absolute Gasteiger partial charge is 0.461 e. The second-order valence-electron chi connectivity index (χ2n) is 12.8. The number of hydrogen-bond donors (Lipinski definition) is 0. The van der Waals surface area contributed by atoms with Gasteiger partial charge in [0.25, 0.3) is 0 Å². The number of pyridine rings is 2. The van der Waals surface area contributed by atoms with Gasteiger partial charge in [-0.3, -0.25) is 0 Å². The first-order valence-electron chi connectivity index (χ1n) is 19.8. The molecule has 0 spiro atoms. The molecule has 0 unspecified atom stereocenters. The molecule has 0 saturated carbocycles. The standard InChI is InChI=1S/C23H20NO.C22H22N.Ir/c1-14-5-9-22(24-13-14)19-7-6-15(2)20(12-19)18-8-10-23-21(11-18)16(3)17(4)25-23;1-22(2,3)16-17-9-11-18(12-10-17)20-13-14-23-21(15-20)19-7-5-4-6-8-19;/h5-6,8-13H,1-4H3;4-7,9-15H,16H2,1-3H3;/q2*-1;/i1D3,2D3;16D2;. The fourth-order valence-electron chi connectivity index (χ4n) is 5.43. The maximum Gasteiger partial charge on any atom is 0.134 e. The minimum Gasteiger partial charge on any atom is -0.461 e. The third kappa shape index (κ3) is 8.70. The number of hydrogen-bond acceptors (Lipinski definition) is 3.